The van der Waals surface area contributed by atoms with Crippen molar-refractivity contribution in [2.75, 3.05) is 6.16 Å². The SMILES string of the molecule is C=C1CP(c2ccccc2)C=C1C. The van der Waals surface area contributed by atoms with E-state index in [9.17, 15) is 0 Å². The molecule has 0 saturated heterocycles. The smallest absolute Gasteiger partial charge is 0.000118 e. The molecule has 13 heavy (non-hydrogen) atoms. The predicted octanol–water partition coefficient (Wildman–Crippen LogP) is 3.27. The van der Waals surface area contributed by atoms with Crippen LogP contribution in [0.4, 0.5) is 0 Å². The van der Waals surface area contributed by atoms with Gasteiger partial charge in [-0.1, -0.05) is 42.7 Å². The fraction of sp³-hybridized carbons (Fsp3) is 0.167. The van der Waals surface area contributed by atoms with E-state index in [0.29, 0.717) is 0 Å². The van der Waals surface area contributed by atoms with Crippen LogP contribution in [0.1, 0.15) is 6.92 Å². The lowest BCUT2D eigenvalue weighted by Crippen LogP contribution is -1.97. The summed E-state index contributed by atoms with van der Waals surface area (Å²) >= 11 is 0. The number of benzene rings is 1. The van der Waals surface area contributed by atoms with Gasteiger partial charge in [0, 0.05) is 0 Å². The van der Waals surface area contributed by atoms with Crippen molar-refractivity contribution in [3.63, 3.8) is 0 Å². The topological polar surface area (TPSA) is 0 Å². The van der Waals surface area contributed by atoms with E-state index < -0.39 is 0 Å². The Labute approximate surface area is 80.7 Å². The van der Waals surface area contributed by atoms with Crippen molar-refractivity contribution in [2.45, 2.75) is 6.92 Å². The number of hydrogen-bond donors (Lipinski definition) is 0. The van der Waals surface area contributed by atoms with Gasteiger partial charge in [0.25, 0.3) is 0 Å². The first-order chi connectivity index (χ1) is 6.27. The Hall–Kier alpha value is -0.870. The monoisotopic (exact) mass is 188 g/mol. The predicted molar refractivity (Wildman–Crippen MR) is 60.8 cm³/mol. The molecule has 1 aliphatic rings. The molecule has 1 unspecified atom stereocenters. The van der Waals surface area contributed by atoms with E-state index >= 15 is 0 Å². The molecule has 0 bridgehead atoms. The zero-order valence-electron chi connectivity index (χ0n) is 7.83. The molecule has 1 heteroatoms. The summed E-state index contributed by atoms with van der Waals surface area (Å²) in [6.07, 6.45) is 1.16. The summed E-state index contributed by atoms with van der Waals surface area (Å²) < 4.78 is 0. The summed E-state index contributed by atoms with van der Waals surface area (Å²) in [7, 11) is -0.0805. The Morgan fingerprint density at radius 2 is 1.92 bits per heavy atom. The molecule has 0 aromatic heterocycles. The van der Waals surface area contributed by atoms with Gasteiger partial charge in [0.2, 0.25) is 0 Å². The molecule has 0 saturated carbocycles. The quantitative estimate of drug-likeness (QED) is 0.593. The Bertz CT molecular complexity index is 349. The Morgan fingerprint density at radius 3 is 2.46 bits per heavy atom. The Balaban J connectivity index is 2.27. The molecule has 2 rings (SSSR count). The van der Waals surface area contributed by atoms with E-state index in [1.807, 2.05) is 0 Å². The molecule has 1 heterocycles. The van der Waals surface area contributed by atoms with Gasteiger partial charge in [0.1, 0.15) is 0 Å². The number of allylic oxidation sites excluding steroid dienone is 2. The minimum absolute atomic E-state index is 0.0805. The summed E-state index contributed by atoms with van der Waals surface area (Å²) in [5.41, 5.74) is 2.70. The highest BCUT2D eigenvalue weighted by Crippen LogP contribution is 2.46. The van der Waals surface area contributed by atoms with Gasteiger partial charge in [-0.2, -0.15) is 0 Å². The zero-order valence-corrected chi connectivity index (χ0v) is 8.72. The summed E-state index contributed by atoms with van der Waals surface area (Å²) in [4.78, 5) is 0. The van der Waals surface area contributed by atoms with E-state index in [-0.39, 0.29) is 7.92 Å². The maximum atomic E-state index is 4.06. The van der Waals surface area contributed by atoms with E-state index in [0.717, 1.165) is 6.16 Å². The summed E-state index contributed by atoms with van der Waals surface area (Å²) in [6, 6.07) is 10.7. The second kappa shape index (κ2) is 3.47. The van der Waals surface area contributed by atoms with Crippen LogP contribution in [0.3, 0.4) is 0 Å². The van der Waals surface area contributed by atoms with Crippen molar-refractivity contribution in [2.24, 2.45) is 0 Å². The third-order valence-electron chi connectivity index (χ3n) is 2.36. The van der Waals surface area contributed by atoms with Crippen LogP contribution in [0.25, 0.3) is 0 Å². The average molecular weight is 188 g/mol. The summed E-state index contributed by atoms with van der Waals surface area (Å²) in [6.45, 7) is 6.22. The molecule has 1 atom stereocenters. The molecule has 1 aromatic carbocycles. The van der Waals surface area contributed by atoms with Crippen molar-refractivity contribution in [1.29, 1.82) is 0 Å². The van der Waals surface area contributed by atoms with Crippen molar-refractivity contribution < 1.29 is 0 Å². The highest BCUT2D eigenvalue weighted by molar-refractivity contribution is 7.69. The largest absolute Gasteiger partial charge is 0.0952 e. The minimum atomic E-state index is -0.0805. The molecule has 0 aliphatic carbocycles. The van der Waals surface area contributed by atoms with Crippen LogP contribution >= 0.6 is 7.92 Å². The van der Waals surface area contributed by atoms with Crippen LogP contribution in [0.15, 0.2) is 53.9 Å². The zero-order chi connectivity index (χ0) is 9.26. The van der Waals surface area contributed by atoms with Crippen LogP contribution < -0.4 is 5.30 Å². The van der Waals surface area contributed by atoms with Gasteiger partial charge in [-0.25, -0.2) is 0 Å². The second-order valence-electron chi connectivity index (χ2n) is 3.38. The lowest BCUT2D eigenvalue weighted by atomic mass is 10.2. The molecular weight excluding hydrogens is 175 g/mol. The van der Waals surface area contributed by atoms with Crippen LogP contribution in [0.5, 0.6) is 0 Å². The maximum absolute atomic E-state index is 4.06. The van der Waals surface area contributed by atoms with E-state index in [4.69, 9.17) is 0 Å². The standard InChI is InChI=1S/C12H13P/c1-10-8-13(9-11(10)2)12-6-4-3-5-7-12/h3-7,9H,1,8H2,2H3. The van der Waals surface area contributed by atoms with Gasteiger partial charge >= 0.3 is 0 Å². The molecule has 0 nitrogen and oxygen atoms in total. The highest BCUT2D eigenvalue weighted by atomic mass is 31.1. The van der Waals surface area contributed by atoms with Gasteiger partial charge in [0.05, 0.1) is 0 Å². The van der Waals surface area contributed by atoms with E-state index in [1.54, 1.807) is 0 Å². The first-order valence-corrected chi connectivity index (χ1v) is 6.05. The second-order valence-corrected chi connectivity index (χ2v) is 5.41. The molecule has 0 N–H and O–H groups in total. The third-order valence-corrected chi connectivity index (χ3v) is 4.74. The molecular formula is C12H13P. The lowest BCUT2D eigenvalue weighted by molar-refractivity contribution is 1.42. The first kappa shape index (κ1) is 8.72. The minimum Gasteiger partial charge on any atom is -0.0952 e. The van der Waals surface area contributed by atoms with Crippen molar-refractivity contribution in [3.8, 4) is 0 Å². The molecule has 66 valence electrons. The molecule has 0 fully saturated rings. The Morgan fingerprint density at radius 1 is 1.23 bits per heavy atom. The van der Waals surface area contributed by atoms with Gasteiger partial charge in [0.15, 0.2) is 0 Å². The summed E-state index contributed by atoms with van der Waals surface area (Å²) in [5, 5.41) is 1.47. The molecule has 1 aliphatic heterocycles. The van der Waals surface area contributed by atoms with E-state index in [2.05, 4.69) is 49.7 Å². The molecule has 1 aromatic rings. The molecule has 0 amide bonds. The summed E-state index contributed by atoms with van der Waals surface area (Å²) in [5.74, 6) is 2.38. The van der Waals surface area contributed by atoms with Crippen LogP contribution in [0.2, 0.25) is 0 Å². The molecule has 0 radical (unpaired) electrons. The third kappa shape index (κ3) is 1.73. The maximum Gasteiger partial charge on any atom is -0.000118 e. The molecule has 0 spiro atoms. The fourth-order valence-electron chi connectivity index (χ4n) is 1.49. The van der Waals surface area contributed by atoms with E-state index in [1.165, 1.54) is 16.5 Å². The normalized spacial score (nSPS) is 21.8. The Kier molecular flexibility index (Phi) is 2.33. The van der Waals surface area contributed by atoms with Crippen molar-refractivity contribution in [3.05, 3.63) is 53.9 Å². The van der Waals surface area contributed by atoms with Gasteiger partial charge in [-0.3, -0.25) is 0 Å². The van der Waals surface area contributed by atoms with Crippen LogP contribution in [-0.4, -0.2) is 6.16 Å². The van der Waals surface area contributed by atoms with Crippen molar-refractivity contribution in [1.82, 2.24) is 0 Å². The average Bonchev–Trinajstić information content (AvgIpc) is 2.49. The van der Waals surface area contributed by atoms with Gasteiger partial charge in [-0.15, -0.1) is 0 Å². The van der Waals surface area contributed by atoms with Gasteiger partial charge < -0.3 is 0 Å². The van der Waals surface area contributed by atoms with Crippen LogP contribution in [0, 0.1) is 0 Å². The number of rotatable bonds is 1. The van der Waals surface area contributed by atoms with Crippen LogP contribution in [-0.2, 0) is 0 Å². The number of hydrogen-bond acceptors (Lipinski definition) is 0. The first-order valence-electron chi connectivity index (χ1n) is 4.45. The van der Waals surface area contributed by atoms with Crippen molar-refractivity contribution >= 4 is 13.2 Å². The van der Waals surface area contributed by atoms with Gasteiger partial charge in [-0.05, 0) is 37.5 Å². The lowest BCUT2D eigenvalue weighted by Gasteiger charge is -2.07. The fourth-order valence-corrected chi connectivity index (χ4v) is 3.78. The highest BCUT2D eigenvalue weighted by Gasteiger charge is 2.16.